The monoisotopic (exact) mass is 296 g/mol. The van der Waals surface area contributed by atoms with Crippen LogP contribution in [0, 0.1) is 6.92 Å². The molecule has 1 aliphatic carbocycles. The van der Waals surface area contributed by atoms with Crippen molar-refractivity contribution in [3.8, 4) is 0 Å². The molecular weight excluding hydrogens is 272 g/mol. The maximum Gasteiger partial charge on any atom is 0.132 e. The van der Waals surface area contributed by atoms with Gasteiger partial charge in [0.05, 0.1) is 0 Å². The maximum atomic E-state index is 4.52. The van der Waals surface area contributed by atoms with Gasteiger partial charge in [0.2, 0.25) is 0 Å². The van der Waals surface area contributed by atoms with Crippen molar-refractivity contribution in [2.24, 2.45) is 0 Å². The first-order valence-electron chi connectivity index (χ1n) is 8.14. The molecule has 0 saturated heterocycles. The van der Waals surface area contributed by atoms with Gasteiger partial charge < -0.3 is 10.6 Å². The van der Waals surface area contributed by atoms with E-state index in [4.69, 9.17) is 0 Å². The van der Waals surface area contributed by atoms with Crippen LogP contribution in [0.5, 0.6) is 0 Å². The summed E-state index contributed by atoms with van der Waals surface area (Å²) in [7, 11) is 0. The zero-order chi connectivity index (χ0) is 15.4. The van der Waals surface area contributed by atoms with E-state index >= 15 is 0 Å². The number of hydrogen-bond donors (Lipinski definition) is 2. The second-order valence-corrected chi connectivity index (χ2v) is 6.09. The van der Waals surface area contributed by atoms with Crippen LogP contribution >= 0.6 is 0 Å². The zero-order valence-corrected chi connectivity index (χ0v) is 13.3. The van der Waals surface area contributed by atoms with Crippen LogP contribution in [0.4, 0.5) is 11.6 Å². The van der Waals surface area contributed by atoms with Crippen molar-refractivity contribution >= 4 is 11.6 Å². The first-order valence-corrected chi connectivity index (χ1v) is 8.14. The van der Waals surface area contributed by atoms with Crippen molar-refractivity contribution in [3.63, 3.8) is 0 Å². The summed E-state index contributed by atoms with van der Waals surface area (Å²) in [6.45, 7) is 4.09. The fourth-order valence-electron chi connectivity index (χ4n) is 3.04. The van der Waals surface area contributed by atoms with Gasteiger partial charge in [-0.1, -0.05) is 43.2 Å². The number of nitrogens with one attached hydrogen (secondary N) is 2. The van der Waals surface area contributed by atoms with Crippen LogP contribution in [0.3, 0.4) is 0 Å². The second-order valence-electron chi connectivity index (χ2n) is 6.09. The summed E-state index contributed by atoms with van der Waals surface area (Å²) < 4.78 is 0. The van der Waals surface area contributed by atoms with Crippen LogP contribution in [0.1, 0.15) is 50.0 Å². The number of benzene rings is 1. The van der Waals surface area contributed by atoms with Crippen LogP contribution in [0.2, 0.25) is 0 Å². The van der Waals surface area contributed by atoms with E-state index in [0.717, 1.165) is 17.5 Å². The van der Waals surface area contributed by atoms with Gasteiger partial charge in [0.1, 0.15) is 17.5 Å². The topological polar surface area (TPSA) is 49.8 Å². The highest BCUT2D eigenvalue weighted by atomic mass is 15.1. The molecule has 1 aromatic heterocycles. The summed E-state index contributed by atoms with van der Waals surface area (Å²) in [5.41, 5.74) is 1.25. The molecule has 1 saturated carbocycles. The number of anilines is 2. The Morgan fingerprint density at radius 2 is 1.73 bits per heavy atom. The summed E-state index contributed by atoms with van der Waals surface area (Å²) in [6, 6.07) is 13.2. The van der Waals surface area contributed by atoms with Gasteiger partial charge in [0, 0.05) is 18.2 Å². The molecule has 2 aromatic rings. The third-order valence-electron chi connectivity index (χ3n) is 4.21. The molecule has 1 heterocycles. The van der Waals surface area contributed by atoms with Gasteiger partial charge in [-0.05, 0) is 32.3 Å². The molecule has 0 aliphatic heterocycles. The number of rotatable bonds is 5. The maximum absolute atomic E-state index is 4.52. The van der Waals surface area contributed by atoms with Gasteiger partial charge in [0.25, 0.3) is 0 Å². The van der Waals surface area contributed by atoms with Gasteiger partial charge in [0.15, 0.2) is 0 Å². The van der Waals surface area contributed by atoms with E-state index in [9.17, 15) is 0 Å². The molecule has 0 amide bonds. The average Bonchev–Trinajstić information content (AvgIpc) is 3.00. The van der Waals surface area contributed by atoms with E-state index in [0.29, 0.717) is 6.04 Å². The minimum atomic E-state index is 0.217. The molecule has 116 valence electrons. The number of nitrogens with zero attached hydrogens (tertiary/aromatic N) is 2. The Hall–Kier alpha value is -2.10. The molecule has 0 radical (unpaired) electrons. The number of aryl methyl sites for hydroxylation is 1. The Labute approximate surface area is 132 Å². The minimum absolute atomic E-state index is 0.217. The largest absolute Gasteiger partial charge is 0.367 e. The normalized spacial score (nSPS) is 16.5. The summed E-state index contributed by atoms with van der Waals surface area (Å²) in [5, 5.41) is 7.02. The van der Waals surface area contributed by atoms with Crippen molar-refractivity contribution in [3.05, 3.63) is 47.8 Å². The highest BCUT2D eigenvalue weighted by Gasteiger charge is 2.16. The van der Waals surface area contributed by atoms with E-state index in [1.165, 1.54) is 31.2 Å². The Balaban J connectivity index is 1.71. The molecule has 0 spiro atoms. The molecule has 1 unspecified atom stereocenters. The van der Waals surface area contributed by atoms with E-state index in [1.54, 1.807) is 0 Å². The lowest BCUT2D eigenvalue weighted by atomic mass is 10.1. The lowest BCUT2D eigenvalue weighted by Gasteiger charge is -2.17. The first-order chi connectivity index (χ1) is 10.7. The lowest BCUT2D eigenvalue weighted by molar-refractivity contribution is 0.748. The van der Waals surface area contributed by atoms with Crippen LogP contribution in [-0.4, -0.2) is 16.0 Å². The molecule has 2 N–H and O–H groups in total. The minimum Gasteiger partial charge on any atom is -0.367 e. The second kappa shape index (κ2) is 6.77. The van der Waals surface area contributed by atoms with Gasteiger partial charge in [-0.2, -0.15) is 0 Å². The summed E-state index contributed by atoms with van der Waals surface area (Å²) in [4.78, 5) is 9.03. The summed E-state index contributed by atoms with van der Waals surface area (Å²) >= 11 is 0. The Bertz CT molecular complexity index is 606. The smallest absolute Gasteiger partial charge is 0.132 e. The van der Waals surface area contributed by atoms with Crippen molar-refractivity contribution in [2.45, 2.75) is 51.6 Å². The molecule has 1 aliphatic rings. The molecule has 4 nitrogen and oxygen atoms in total. The molecule has 3 rings (SSSR count). The fourth-order valence-corrected chi connectivity index (χ4v) is 3.04. The van der Waals surface area contributed by atoms with E-state index in [1.807, 2.05) is 19.1 Å². The molecule has 22 heavy (non-hydrogen) atoms. The highest BCUT2D eigenvalue weighted by molar-refractivity contribution is 5.49. The molecule has 1 aromatic carbocycles. The van der Waals surface area contributed by atoms with Gasteiger partial charge in [-0.3, -0.25) is 0 Å². The SMILES string of the molecule is Cc1nc(NC2CCCC2)cc(NC(C)c2ccccc2)n1. The van der Waals surface area contributed by atoms with Crippen LogP contribution in [-0.2, 0) is 0 Å². The van der Waals surface area contributed by atoms with E-state index < -0.39 is 0 Å². The highest BCUT2D eigenvalue weighted by Crippen LogP contribution is 2.24. The Morgan fingerprint density at radius 3 is 2.45 bits per heavy atom. The molecule has 1 fully saturated rings. The first kappa shape index (κ1) is 14.8. The molecular formula is C18H24N4. The fraction of sp³-hybridized carbons (Fsp3) is 0.444. The van der Waals surface area contributed by atoms with Crippen LogP contribution < -0.4 is 10.6 Å². The van der Waals surface area contributed by atoms with E-state index in [-0.39, 0.29) is 6.04 Å². The number of hydrogen-bond acceptors (Lipinski definition) is 4. The third kappa shape index (κ3) is 3.75. The average molecular weight is 296 g/mol. The standard InChI is InChI=1S/C18H24N4/c1-13(15-8-4-3-5-9-15)19-17-12-18(21-14(2)20-17)22-16-10-6-7-11-16/h3-5,8-9,12-13,16H,6-7,10-11H2,1-2H3,(H2,19,20,21,22). The molecule has 0 bridgehead atoms. The quantitative estimate of drug-likeness (QED) is 0.863. The van der Waals surface area contributed by atoms with Crippen molar-refractivity contribution in [1.82, 2.24) is 9.97 Å². The summed E-state index contributed by atoms with van der Waals surface area (Å²) in [5.74, 6) is 2.61. The summed E-state index contributed by atoms with van der Waals surface area (Å²) in [6.07, 6.45) is 5.12. The van der Waals surface area contributed by atoms with Crippen molar-refractivity contribution < 1.29 is 0 Å². The Morgan fingerprint density at radius 1 is 1.05 bits per heavy atom. The molecule has 1 atom stereocenters. The van der Waals surface area contributed by atoms with Crippen LogP contribution in [0.15, 0.2) is 36.4 Å². The van der Waals surface area contributed by atoms with Crippen molar-refractivity contribution in [2.75, 3.05) is 10.6 Å². The van der Waals surface area contributed by atoms with Gasteiger partial charge >= 0.3 is 0 Å². The predicted octanol–water partition coefficient (Wildman–Crippen LogP) is 4.31. The van der Waals surface area contributed by atoms with Crippen LogP contribution in [0.25, 0.3) is 0 Å². The van der Waals surface area contributed by atoms with Gasteiger partial charge in [-0.25, -0.2) is 9.97 Å². The molecule has 4 heteroatoms. The lowest BCUT2D eigenvalue weighted by Crippen LogP contribution is -2.17. The van der Waals surface area contributed by atoms with Crippen molar-refractivity contribution in [1.29, 1.82) is 0 Å². The van der Waals surface area contributed by atoms with E-state index in [2.05, 4.69) is 51.8 Å². The van der Waals surface area contributed by atoms with Gasteiger partial charge in [-0.15, -0.1) is 0 Å². The Kier molecular flexibility index (Phi) is 4.56. The third-order valence-corrected chi connectivity index (χ3v) is 4.21. The zero-order valence-electron chi connectivity index (χ0n) is 13.3. The predicted molar refractivity (Wildman–Crippen MR) is 91.1 cm³/mol. The number of aromatic nitrogens is 2.